The highest BCUT2D eigenvalue weighted by atomic mass is 19.4. The first-order chi connectivity index (χ1) is 20.4. The lowest BCUT2D eigenvalue weighted by atomic mass is 9.94. The maximum absolute atomic E-state index is 14.8. The Labute approximate surface area is 250 Å². The van der Waals surface area contributed by atoms with E-state index in [0.717, 1.165) is 0 Å². The third-order valence-electron chi connectivity index (χ3n) is 7.51. The van der Waals surface area contributed by atoms with Crippen molar-refractivity contribution >= 4 is 11.7 Å². The Morgan fingerprint density at radius 1 is 1.05 bits per heavy atom. The fourth-order valence-corrected chi connectivity index (χ4v) is 5.10. The molecule has 2 atom stereocenters. The Hall–Kier alpha value is -4.09. The Bertz CT molecular complexity index is 1550. The van der Waals surface area contributed by atoms with Gasteiger partial charge in [-0.05, 0) is 66.8 Å². The molecule has 0 N–H and O–H groups in total. The van der Waals surface area contributed by atoms with Crippen molar-refractivity contribution in [2.45, 2.75) is 71.1 Å². The van der Waals surface area contributed by atoms with Gasteiger partial charge in [0.25, 0.3) is 0 Å². The summed E-state index contributed by atoms with van der Waals surface area (Å²) in [5, 5.41) is 0. The number of hydrogen-bond acceptors (Lipinski definition) is 4. The molecule has 1 saturated heterocycles. The fraction of sp³-hybridized carbons (Fsp3) is 0.375. The number of halogens is 7. The molecule has 0 saturated carbocycles. The van der Waals surface area contributed by atoms with Crippen LogP contribution in [0.5, 0.6) is 5.75 Å². The Balaban J connectivity index is 1.72. The van der Waals surface area contributed by atoms with Crippen LogP contribution >= 0.6 is 0 Å². The topological polar surface area (TPSA) is 51.7 Å². The van der Waals surface area contributed by atoms with E-state index in [1.807, 2.05) is 13.8 Å². The number of ether oxygens (including phenoxy) is 2. The van der Waals surface area contributed by atoms with Gasteiger partial charge in [0.05, 0.1) is 36.2 Å². The minimum absolute atomic E-state index is 0.0279. The smallest absolute Gasteiger partial charge is 0.416 e. The van der Waals surface area contributed by atoms with Crippen molar-refractivity contribution in [1.82, 2.24) is 9.88 Å². The average molecular weight is 625 g/mol. The van der Waals surface area contributed by atoms with Crippen molar-refractivity contribution < 1.29 is 45.0 Å². The number of aromatic nitrogens is 1. The van der Waals surface area contributed by atoms with E-state index in [1.165, 1.54) is 18.1 Å². The zero-order chi connectivity index (χ0) is 32.7. The monoisotopic (exact) mass is 624 g/mol. The van der Waals surface area contributed by atoms with E-state index in [-0.39, 0.29) is 30.7 Å². The predicted molar refractivity (Wildman–Crippen MR) is 150 cm³/mol. The lowest BCUT2D eigenvalue weighted by Gasteiger charge is -2.37. The van der Waals surface area contributed by atoms with Crippen LogP contribution in [0, 0.1) is 5.82 Å². The number of methoxy groups -OCH3 is 1. The molecule has 1 amide bonds. The zero-order valence-corrected chi connectivity index (χ0v) is 24.7. The summed E-state index contributed by atoms with van der Waals surface area (Å²) in [5.41, 5.74) is -0.376. The van der Waals surface area contributed by atoms with Gasteiger partial charge in [-0.25, -0.2) is 9.18 Å². The summed E-state index contributed by atoms with van der Waals surface area (Å²) < 4.78 is 106. The molecule has 2 aromatic carbocycles. The largest absolute Gasteiger partial charge is 0.496 e. The van der Waals surface area contributed by atoms with Crippen molar-refractivity contribution in [2.24, 2.45) is 0 Å². The molecule has 0 radical (unpaired) electrons. The van der Waals surface area contributed by atoms with Crippen LogP contribution in [0.2, 0.25) is 0 Å². The van der Waals surface area contributed by atoms with Crippen molar-refractivity contribution in [1.29, 1.82) is 0 Å². The fourth-order valence-electron chi connectivity index (χ4n) is 5.10. The normalized spacial score (nSPS) is 17.6. The predicted octanol–water partition coefficient (Wildman–Crippen LogP) is 9.56. The van der Waals surface area contributed by atoms with Crippen molar-refractivity contribution in [3.05, 3.63) is 88.5 Å². The molecule has 2 heterocycles. The van der Waals surface area contributed by atoms with Crippen molar-refractivity contribution in [3.63, 3.8) is 0 Å². The van der Waals surface area contributed by atoms with Gasteiger partial charge in [-0.2, -0.15) is 26.3 Å². The number of cyclic esters (lactones) is 1. The third kappa shape index (κ3) is 6.84. The highest BCUT2D eigenvalue weighted by molar-refractivity contribution is 5.76. The molecule has 0 unspecified atom stereocenters. The number of alkyl halides is 6. The number of hydrogen-bond donors (Lipinski definition) is 0. The first-order valence-corrected chi connectivity index (χ1v) is 13.7. The first-order valence-electron chi connectivity index (χ1n) is 13.7. The summed E-state index contributed by atoms with van der Waals surface area (Å²) in [7, 11) is 1.39. The van der Waals surface area contributed by atoms with Gasteiger partial charge in [0.1, 0.15) is 17.7 Å². The average Bonchev–Trinajstić information content (AvgIpc) is 2.93. The molecule has 4 rings (SSSR count). The summed E-state index contributed by atoms with van der Waals surface area (Å²) in [6.07, 6.45) is -12.5. The van der Waals surface area contributed by atoms with Crippen LogP contribution in [0.3, 0.4) is 0 Å². The van der Waals surface area contributed by atoms with Crippen LogP contribution in [-0.2, 0) is 23.6 Å². The molecule has 236 valence electrons. The molecule has 44 heavy (non-hydrogen) atoms. The standard InChI is InChI=1S/C32H31F7N2O3/c1-16(2)23-13-24(29(43-6)14-25(23)33)22-7-8-26(17(3)4)40-27(22)15-41-18(5)9-28(44-30(41)42)19-10-20(31(34,35)36)12-21(11-19)32(37,38)39/h7-8,10-14,16,18,28H,3,9,15H2,1-2,4-6H3/t18-,28-/m0/s1. The Morgan fingerprint density at radius 3 is 2.16 bits per heavy atom. The van der Waals surface area contributed by atoms with Gasteiger partial charge in [-0.15, -0.1) is 0 Å². The SMILES string of the molecule is C=C(C)c1ccc(-c2cc(C(C)C)c(F)cc2OC)c(CN2C(=O)O[C@H](c3cc(C(F)(F)F)cc(C(F)(F)F)c3)C[C@@H]2C)n1. The molecular formula is C32H31F7N2O3. The molecule has 1 fully saturated rings. The second-order valence-corrected chi connectivity index (χ2v) is 11.1. The van der Waals surface area contributed by atoms with Crippen LogP contribution in [0.1, 0.15) is 79.8 Å². The number of amides is 1. The van der Waals surface area contributed by atoms with E-state index in [2.05, 4.69) is 6.58 Å². The lowest BCUT2D eigenvalue weighted by Crippen LogP contribution is -2.44. The number of pyridine rings is 1. The molecule has 5 nitrogen and oxygen atoms in total. The molecule has 0 bridgehead atoms. The van der Waals surface area contributed by atoms with Crippen molar-refractivity contribution in [2.75, 3.05) is 7.11 Å². The number of carbonyl (C=O) groups excluding carboxylic acids is 1. The molecule has 1 aliphatic rings. The van der Waals surface area contributed by atoms with Crippen LogP contribution in [0.4, 0.5) is 35.5 Å². The zero-order valence-electron chi connectivity index (χ0n) is 24.7. The summed E-state index contributed by atoms with van der Waals surface area (Å²) >= 11 is 0. The van der Waals surface area contributed by atoms with Gasteiger partial charge >= 0.3 is 18.4 Å². The second-order valence-electron chi connectivity index (χ2n) is 11.1. The summed E-state index contributed by atoms with van der Waals surface area (Å²) in [6, 6.07) is 6.88. The molecule has 1 aliphatic heterocycles. The molecule has 0 aliphatic carbocycles. The van der Waals surface area contributed by atoms with E-state index in [9.17, 15) is 35.5 Å². The molecule has 1 aromatic heterocycles. The maximum atomic E-state index is 14.8. The highest BCUT2D eigenvalue weighted by Crippen LogP contribution is 2.41. The van der Waals surface area contributed by atoms with E-state index in [1.54, 1.807) is 32.0 Å². The quantitative estimate of drug-likeness (QED) is 0.246. The first kappa shape index (κ1) is 32.8. The maximum Gasteiger partial charge on any atom is 0.416 e. The van der Waals surface area contributed by atoms with Gasteiger partial charge in [-0.3, -0.25) is 9.88 Å². The van der Waals surface area contributed by atoms with E-state index >= 15 is 0 Å². The Morgan fingerprint density at radius 2 is 1.66 bits per heavy atom. The number of carbonyl (C=O) groups is 1. The summed E-state index contributed by atoms with van der Waals surface area (Å²) in [6.45, 7) is 10.8. The molecule has 12 heteroatoms. The van der Waals surface area contributed by atoms with Crippen LogP contribution < -0.4 is 4.74 Å². The van der Waals surface area contributed by atoms with Crippen LogP contribution in [-0.4, -0.2) is 29.1 Å². The van der Waals surface area contributed by atoms with Gasteiger partial charge < -0.3 is 9.47 Å². The molecule has 3 aromatic rings. The summed E-state index contributed by atoms with van der Waals surface area (Å²) in [5.74, 6) is -0.373. The van der Waals surface area contributed by atoms with E-state index < -0.39 is 53.1 Å². The second kappa shape index (κ2) is 12.1. The van der Waals surface area contributed by atoms with Crippen molar-refractivity contribution in [3.8, 4) is 16.9 Å². The highest BCUT2D eigenvalue weighted by Gasteiger charge is 2.40. The van der Waals surface area contributed by atoms with Gasteiger partial charge in [0, 0.05) is 29.7 Å². The number of rotatable bonds is 7. The number of benzene rings is 2. The summed E-state index contributed by atoms with van der Waals surface area (Å²) in [4.78, 5) is 19.3. The van der Waals surface area contributed by atoms with E-state index in [0.29, 0.717) is 45.8 Å². The minimum Gasteiger partial charge on any atom is -0.496 e. The Kier molecular flexibility index (Phi) is 9.04. The third-order valence-corrected chi connectivity index (χ3v) is 7.51. The number of allylic oxidation sites excluding steroid dienone is 1. The molecular weight excluding hydrogens is 593 g/mol. The molecule has 0 spiro atoms. The van der Waals surface area contributed by atoms with Crippen LogP contribution in [0.15, 0.2) is 49.0 Å². The number of nitrogens with zero attached hydrogens (tertiary/aromatic N) is 2. The lowest BCUT2D eigenvalue weighted by molar-refractivity contribution is -0.143. The minimum atomic E-state index is -5.04. The van der Waals surface area contributed by atoms with Gasteiger partial charge in [0.15, 0.2) is 0 Å². The van der Waals surface area contributed by atoms with E-state index in [4.69, 9.17) is 14.5 Å². The van der Waals surface area contributed by atoms with Gasteiger partial charge in [-0.1, -0.05) is 26.5 Å². The van der Waals surface area contributed by atoms with Gasteiger partial charge in [0.2, 0.25) is 0 Å². The van der Waals surface area contributed by atoms with Crippen LogP contribution in [0.25, 0.3) is 16.7 Å².